The summed E-state index contributed by atoms with van der Waals surface area (Å²) in [6, 6.07) is 5.86. The van der Waals surface area contributed by atoms with Crippen LogP contribution in [0.1, 0.15) is 17.4 Å². The maximum atomic E-state index is 5.44. The van der Waals surface area contributed by atoms with Gasteiger partial charge in [-0.1, -0.05) is 6.07 Å². The quantitative estimate of drug-likeness (QED) is 0.782. The molecule has 4 heteroatoms. The summed E-state index contributed by atoms with van der Waals surface area (Å²) < 4.78 is 21.3. The lowest BCUT2D eigenvalue weighted by atomic mass is 10.1. The van der Waals surface area contributed by atoms with Crippen LogP contribution in [-0.2, 0) is 20.8 Å². The summed E-state index contributed by atoms with van der Waals surface area (Å²) in [7, 11) is 3.31. The predicted molar refractivity (Wildman–Crippen MR) is 58.4 cm³/mol. The lowest BCUT2D eigenvalue weighted by Crippen LogP contribution is -2.01. The van der Waals surface area contributed by atoms with Crippen LogP contribution in [0, 0.1) is 0 Å². The van der Waals surface area contributed by atoms with Crippen molar-refractivity contribution in [1.29, 1.82) is 0 Å². The van der Waals surface area contributed by atoms with Crippen molar-refractivity contribution in [3.8, 4) is 5.75 Å². The molecule has 0 bridgehead atoms. The second-order valence-corrected chi connectivity index (χ2v) is 3.58. The molecule has 1 fully saturated rings. The standard InChI is InChI=1S/C12H16O4/c1-13-8-10-7-9(3-4-11(10)14-2)12-15-5-6-16-12/h3-4,7,12H,5-6,8H2,1-2H3. The lowest BCUT2D eigenvalue weighted by molar-refractivity contribution is -0.0442. The van der Waals surface area contributed by atoms with Gasteiger partial charge in [0.2, 0.25) is 0 Å². The van der Waals surface area contributed by atoms with Crippen molar-refractivity contribution in [3.63, 3.8) is 0 Å². The zero-order chi connectivity index (χ0) is 11.4. The molecule has 0 saturated carbocycles. The second-order valence-electron chi connectivity index (χ2n) is 3.58. The smallest absolute Gasteiger partial charge is 0.184 e. The van der Waals surface area contributed by atoms with Crippen LogP contribution in [0.25, 0.3) is 0 Å². The molecule has 1 aliphatic rings. The zero-order valence-electron chi connectivity index (χ0n) is 9.56. The highest BCUT2D eigenvalue weighted by Crippen LogP contribution is 2.28. The number of methoxy groups -OCH3 is 2. The van der Waals surface area contributed by atoms with Crippen molar-refractivity contribution < 1.29 is 18.9 Å². The molecule has 1 saturated heterocycles. The van der Waals surface area contributed by atoms with E-state index in [1.54, 1.807) is 14.2 Å². The van der Waals surface area contributed by atoms with Gasteiger partial charge in [-0.25, -0.2) is 0 Å². The third-order valence-corrected chi connectivity index (χ3v) is 2.50. The highest BCUT2D eigenvalue weighted by atomic mass is 16.7. The van der Waals surface area contributed by atoms with E-state index in [9.17, 15) is 0 Å². The number of benzene rings is 1. The van der Waals surface area contributed by atoms with E-state index in [2.05, 4.69) is 0 Å². The van der Waals surface area contributed by atoms with Crippen LogP contribution in [0.15, 0.2) is 18.2 Å². The van der Waals surface area contributed by atoms with E-state index in [-0.39, 0.29) is 6.29 Å². The van der Waals surface area contributed by atoms with Crippen LogP contribution in [0.5, 0.6) is 5.75 Å². The van der Waals surface area contributed by atoms with Gasteiger partial charge < -0.3 is 18.9 Å². The molecule has 0 amide bonds. The topological polar surface area (TPSA) is 36.9 Å². The molecule has 4 nitrogen and oxygen atoms in total. The molecule has 1 aromatic carbocycles. The predicted octanol–water partition coefficient (Wildman–Crippen LogP) is 1.89. The molecule has 0 aliphatic carbocycles. The van der Waals surface area contributed by atoms with Gasteiger partial charge in [0.05, 0.1) is 26.9 Å². The summed E-state index contributed by atoms with van der Waals surface area (Å²) in [4.78, 5) is 0. The third kappa shape index (κ3) is 2.35. The fourth-order valence-electron chi connectivity index (χ4n) is 1.76. The summed E-state index contributed by atoms with van der Waals surface area (Å²) in [5.41, 5.74) is 2.01. The molecule has 0 aromatic heterocycles. The first kappa shape index (κ1) is 11.4. The first-order valence-corrected chi connectivity index (χ1v) is 5.24. The molecule has 1 aliphatic heterocycles. The van der Waals surface area contributed by atoms with Gasteiger partial charge in [0, 0.05) is 18.2 Å². The minimum absolute atomic E-state index is 0.249. The Hall–Kier alpha value is -1.10. The Morgan fingerprint density at radius 3 is 2.62 bits per heavy atom. The van der Waals surface area contributed by atoms with Crippen molar-refractivity contribution in [1.82, 2.24) is 0 Å². The average molecular weight is 224 g/mol. The van der Waals surface area contributed by atoms with Gasteiger partial charge in [-0.15, -0.1) is 0 Å². The monoisotopic (exact) mass is 224 g/mol. The van der Waals surface area contributed by atoms with Crippen molar-refractivity contribution in [2.45, 2.75) is 12.9 Å². The Morgan fingerprint density at radius 2 is 2.00 bits per heavy atom. The van der Waals surface area contributed by atoms with E-state index in [1.807, 2.05) is 18.2 Å². The summed E-state index contributed by atoms with van der Waals surface area (Å²) in [5.74, 6) is 0.823. The molecule has 1 heterocycles. The van der Waals surface area contributed by atoms with Crippen molar-refractivity contribution in [2.24, 2.45) is 0 Å². The zero-order valence-corrected chi connectivity index (χ0v) is 9.56. The summed E-state index contributed by atoms with van der Waals surface area (Å²) in [6.45, 7) is 1.82. The van der Waals surface area contributed by atoms with Gasteiger partial charge >= 0.3 is 0 Å². The van der Waals surface area contributed by atoms with Gasteiger partial charge in [0.1, 0.15) is 5.75 Å². The summed E-state index contributed by atoms with van der Waals surface area (Å²) in [6.07, 6.45) is -0.249. The Morgan fingerprint density at radius 1 is 1.25 bits per heavy atom. The molecule has 0 atom stereocenters. The number of hydrogen-bond donors (Lipinski definition) is 0. The maximum Gasteiger partial charge on any atom is 0.184 e. The summed E-state index contributed by atoms with van der Waals surface area (Å²) >= 11 is 0. The highest BCUT2D eigenvalue weighted by molar-refractivity contribution is 5.37. The third-order valence-electron chi connectivity index (χ3n) is 2.50. The summed E-state index contributed by atoms with van der Waals surface area (Å²) in [5, 5.41) is 0. The number of rotatable bonds is 4. The van der Waals surface area contributed by atoms with Gasteiger partial charge in [0.15, 0.2) is 6.29 Å². The first-order chi connectivity index (χ1) is 7.85. The van der Waals surface area contributed by atoms with Crippen LogP contribution < -0.4 is 4.74 Å². The van der Waals surface area contributed by atoms with E-state index in [1.165, 1.54) is 0 Å². The van der Waals surface area contributed by atoms with Crippen molar-refractivity contribution in [2.75, 3.05) is 27.4 Å². The van der Waals surface area contributed by atoms with E-state index >= 15 is 0 Å². The molecule has 0 unspecified atom stereocenters. The van der Waals surface area contributed by atoms with Crippen LogP contribution in [0.3, 0.4) is 0 Å². The Kier molecular flexibility index (Phi) is 3.77. The molecule has 0 radical (unpaired) electrons. The largest absolute Gasteiger partial charge is 0.496 e. The van der Waals surface area contributed by atoms with Crippen LogP contribution in [0.4, 0.5) is 0 Å². The number of hydrogen-bond acceptors (Lipinski definition) is 4. The Labute approximate surface area is 95.1 Å². The van der Waals surface area contributed by atoms with Gasteiger partial charge in [-0.3, -0.25) is 0 Å². The minimum Gasteiger partial charge on any atom is -0.496 e. The SMILES string of the molecule is COCc1cc(C2OCCO2)ccc1OC. The molecule has 2 rings (SSSR count). The maximum absolute atomic E-state index is 5.44. The van der Waals surface area contributed by atoms with Crippen LogP contribution >= 0.6 is 0 Å². The molecule has 88 valence electrons. The van der Waals surface area contributed by atoms with Crippen LogP contribution in [0.2, 0.25) is 0 Å². The van der Waals surface area contributed by atoms with Gasteiger partial charge in [-0.2, -0.15) is 0 Å². The molecule has 0 spiro atoms. The minimum atomic E-state index is -0.249. The average Bonchev–Trinajstić information content (AvgIpc) is 2.83. The number of ether oxygens (including phenoxy) is 4. The molecule has 16 heavy (non-hydrogen) atoms. The second kappa shape index (κ2) is 5.30. The van der Waals surface area contributed by atoms with E-state index in [0.29, 0.717) is 19.8 Å². The normalized spacial score (nSPS) is 16.6. The lowest BCUT2D eigenvalue weighted by Gasteiger charge is -2.13. The molecule has 0 N–H and O–H groups in total. The van der Waals surface area contributed by atoms with Gasteiger partial charge in [0.25, 0.3) is 0 Å². The Balaban J connectivity index is 2.23. The van der Waals surface area contributed by atoms with Crippen LogP contribution in [-0.4, -0.2) is 27.4 Å². The van der Waals surface area contributed by atoms with Crippen molar-refractivity contribution in [3.05, 3.63) is 29.3 Å². The Bertz CT molecular complexity index is 345. The van der Waals surface area contributed by atoms with E-state index in [4.69, 9.17) is 18.9 Å². The van der Waals surface area contributed by atoms with Crippen molar-refractivity contribution >= 4 is 0 Å². The fourth-order valence-corrected chi connectivity index (χ4v) is 1.76. The van der Waals surface area contributed by atoms with E-state index < -0.39 is 0 Å². The van der Waals surface area contributed by atoms with Gasteiger partial charge in [-0.05, 0) is 12.1 Å². The molecular formula is C12H16O4. The fraction of sp³-hybridized carbons (Fsp3) is 0.500. The molecule has 1 aromatic rings. The highest BCUT2D eigenvalue weighted by Gasteiger charge is 2.19. The first-order valence-electron chi connectivity index (χ1n) is 5.24. The molecular weight excluding hydrogens is 208 g/mol. The van der Waals surface area contributed by atoms with E-state index in [0.717, 1.165) is 16.9 Å².